The number of aromatic amines is 1. The molecule has 1 atom stereocenters. The van der Waals surface area contributed by atoms with Gasteiger partial charge in [0.05, 0.1) is 32.6 Å². The summed E-state index contributed by atoms with van der Waals surface area (Å²) in [4.78, 5) is 15.3. The lowest BCUT2D eigenvalue weighted by atomic mass is 9.95. The molecule has 0 bridgehead atoms. The molecule has 0 spiro atoms. The van der Waals surface area contributed by atoms with Crippen LogP contribution in [0.15, 0.2) is 42.5 Å². The van der Waals surface area contributed by atoms with Crippen LogP contribution in [0.25, 0.3) is 11.3 Å². The van der Waals surface area contributed by atoms with E-state index in [1.807, 2.05) is 54.3 Å². The monoisotopic (exact) mass is 451 g/mol. The summed E-state index contributed by atoms with van der Waals surface area (Å²) >= 11 is 0. The molecule has 1 aromatic heterocycles. The minimum Gasteiger partial charge on any atom is -0.497 e. The molecule has 1 aliphatic rings. The van der Waals surface area contributed by atoms with Crippen molar-refractivity contribution in [2.45, 2.75) is 19.4 Å². The van der Waals surface area contributed by atoms with E-state index in [0.717, 1.165) is 28.1 Å². The Balaban J connectivity index is 1.84. The molecule has 2 aromatic carbocycles. The molecule has 8 nitrogen and oxygen atoms in total. The number of nitrogens with one attached hydrogen (secondary N) is 1. The number of aromatic nitrogens is 2. The van der Waals surface area contributed by atoms with Crippen molar-refractivity contribution < 1.29 is 23.7 Å². The van der Waals surface area contributed by atoms with Crippen molar-refractivity contribution in [3.63, 3.8) is 0 Å². The SMILES string of the molecule is CCOc1ccc(-c2n[nH]c3c2C(c2cc(OC)ccc2OC)N(CCCOC)C3=O)cc1. The molecule has 174 valence electrons. The average molecular weight is 452 g/mol. The number of carbonyl (C=O) groups excluding carboxylic acids is 1. The molecule has 0 saturated heterocycles. The molecule has 3 aromatic rings. The van der Waals surface area contributed by atoms with Crippen molar-refractivity contribution in [2.24, 2.45) is 0 Å². The van der Waals surface area contributed by atoms with Crippen LogP contribution in [0.4, 0.5) is 0 Å². The minimum atomic E-state index is -0.380. The number of hydrogen-bond donors (Lipinski definition) is 1. The number of fused-ring (bicyclic) bond motifs is 1. The molecular formula is C25H29N3O5. The fourth-order valence-electron chi connectivity index (χ4n) is 4.28. The number of methoxy groups -OCH3 is 3. The molecule has 0 saturated carbocycles. The van der Waals surface area contributed by atoms with Gasteiger partial charge in [-0.3, -0.25) is 9.89 Å². The van der Waals surface area contributed by atoms with Gasteiger partial charge in [0, 0.05) is 37.0 Å². The van der Waals surface area contributed by atoms with Gasteiger partial charge in [-0.15, -0.1) is 0 Å². The summed E-state index contributed by atoms with van der Waals surface area (Å²) in [5.74, 6) is 2.06. The molecule has 1 amide bonds. The molecule has 0 fully saturated rings. The fraction of sp³-hybridized carbons (Fsp3) is 0.360. The lowest BCUT2D eigenvalue weighted by Crippen LogP contribution is -2.31. The van der Waals surface area contributed by atoms with E-state index in [0.29, 0.717) is 43.4 Å². The standard InChI is InChI=1S/C25H29N3O5/c1-5-33-17-9-7-16(8-10-17)22-21-23(27-26-22)25(29)28(13-6-14-30-2)24(21)19-15-18(31-3)11-12-20(19)32-4/h7-12,15,24H,5-6,13-14H2,1-4H3,(H,26,27). The van der Waals surface area contributed by atoms with Gasteiger partial charge in [0.1, 0.15) is 22.9 Å². The van der Waals surface area contributed by atoms with Gasteiger partial charge in [0.25, 0.3) is 5.91 Å². The molecule has 2 heterocycles. The van der Waals surface area contributed by atoms with Crippen LogP contribution in [0, 0.1) is 0 Å². The molecule has 8 heteroatoms. The molecule has 0 radical (unpaired) electrons. The summed E-state index contributed by atoms with van der Waals surface area (Å²) in [5, 5.41) is 7.51. The van der Waals surface area contributed by atoms with E-state index in [-0.39, 0.29) is 11.9 Å². The number of amides is 1. The highest BCUT2D eigenvalue weighted by atomic mass is 16.5. The molecule has 1 unspecified atom stereocenters. The lowest BCUT2D eigenvalue weighted by molar-refractivity contribution is 0.0721. The number of benzene rings is 2. The summed E-state index contributed by atoms with van der Waals surface area (Å²) in [7, 11) is 4.90. The van der Waals surface area contributed by atoms with Gasteiger partial charge < -0.3 is 23.8 Å². The Morgan fingerprint density at radius 1 is 1.03 bits per heavy atom. The second kappa shape index (κ2) is 9.95. The first-order valence-electron chi connectivity index (χ1n) is 11.0. The maximum atomic E-state index is 13.4. The maximum Gasteiger partial charge on any atom is 0.273 e. The van der Waals surface area contributed by atoms with Gasteiger partial charge in [-0.05, 0) is 55.8 Å². The number of nitrogens with zero attached hydrogens (tertiary/aromatic N) is 2. The smallest absolute Gasteiger partial charge is 0.273 e. The van der Waals surface area contributed by atoms with E-state index < -0.39 is 0 Å². The zero-order valence-electron chi connectivity index (χ0n) is 19.4. The largest absolute Gasteiger partial charge is 0.497 e. The molecule has 0 aliphatic carbocycles. The summed E-state index contributed by atoms with van der Waals surface area (Å²) in [6.07, 6.45) is 0.709. The van der Waals surface area contributed by atoms with E-state index in [2.05, 4.69) is 10.2 Å². The number of H-pyrrole nitrogens is 1. The topological polar surface area (TPSA) is 85.9 Å². The average Bonchev–Trinajstić information content (AvgIpc) is 3.38. The number of hydrogen-bond acceptors (Lipinski definition) is 6. The van der Waals surface area contributed by atoms with E-state index >= 15 is 0 Å². The molecular weight excluding hydrogens is 422 g/mol. The zero-order chi connectivity index (χ0) is 23.4. The van der Waals surface area contributed by atoms with Crippen LogP contribution in [0.1, 0.15) is 41.0 Å². The second-order valence-electron chi connectivity index (χ2n) is 7.67. The van der Waals surface area contributed by atoms with Crippen molar-refractivity contribution in [1.29, 1.82) is 0 Å². The lowest BCUT2D eigenvalue weighted by Gasteiger charge is -2.27. The first-order chi connectivity index (χ1) is 16.1. The zero-order valence-corrected chi connectivity index (χ0v) is 19.4. The number of rotatable bonds is 10. The number of carbonyl (C=O) groups is 1. The quantitative estimate of drug-likeness (QED) is 0.468. The summed E-state index contributed by atoms with van der Waals surface area (Å²) in [6.45, 7) is 3.64. The van der Waals surface area contributed by atoms with Crippen LogP contribution in [-0.4, -0.2) is 62.1 Å². The van der Waals surface area contributed by atoms with E-state index in [1.165, 1.54) is 0 Å². The molecule has 4 rings (SSSR count). The fourth-order valence-corrected chi connectivity index (χ4v) is 4.28. The van der Waals surface area contributed by atoms with Crippen molar-refractivity contribution in [3.05, 3.63) is 59.3 Å². The Morgan fingerprint density at radius 3 is 2.45 bits per heavy atom. The predicted molar refractivity (Wildman–Crippen MR) is 124 cm³/mol. The van der Waals surface area contributed by atoms with Gasteiger partial charge in [-0.25, -0.2) is 0 Å². The van der Waals surface area contributed by atoms with Gasteiger partial charge in [0.15, 0.2) is 0 Å². The first-order valence-corrected chi connectivity index (χ1v) is 11.0. The maximum absolute atomic E-state index is 13.4. The van der Waals surface area contributed by atoms with E-state index in [9.17, 15) is 4.79 Å². The Kier molecular flexibility index (Phi) is 6.84. The van der Waals surface area contributed by atoms with Crippen LogP contribution in [0.3, 0.4) is 0 Å². The second-order valence-corrected chi connectivity index (χ2v) is 7.67. The molecule has 1 N–H and O–H groups in total. The van der Waals surface area contributed by atoms with Crippen LogP contribution in [0.5, 0.6) is 17.2 Å². The van der Waals surface area contributed by atoms with Gasteiger partial charge >= 0.3 is 0 Å². The third kappa shape index (κ3) is 4.26. The molecule has 33 heavy (non-hydrogen) atoms. The van der Waals surface area contributed by atoms with Crippen molar-refractivity contribution in [2.75, 3.05) is 41.1 Å². The van der Waals surface area contributed by atoms with E-state index in [4.69, 9.17) is 18.9 Å². The van der Waals surface area contributed by atoms with Crippen LogP contribution in [0.2, 0.25) is 0 Å². The minimum absolute atomic E-state index is 0.0966. The predicted octanol–water partition coefficient (Wildman–Crippen LogP) is 4.07. The Bertz CT molecular complexity index is 1110. The van der Waals surface area contributed by atoms with Gasteiger partial charge in [0.2, 0.25) is 0 Å². The van der Waals surface area contributed by atoms with Gasteiger partial charge in [-0.1, -0.05) is 0 Å². The summed E-state index contributed by atoms with van der Waals surface area (Å²) in [6, 6.07) is 13.0. The Labute approximate surface area is 193 Å². The van der Waals surface area contributed by atoms with Crippen molar-refractivity contribution in [1.82, 2.24) is 15.1 Å². The summed E-state index contributed by atoms with van der Waals surface area (Å²) in [5.41, 5.74) is 3.79. The Morgan fingerprint density at radius 2 is 1.79 bits per heavy atom. The van der Waals surface area contributed by atoms with Gasteiger partial charge in [-0.2, -0.15) is 5.10 Å². The van der Waals surface area contributed by atoms with Crippen LogP contribution < -0.4 is 14.2 Å². The highest BCUT2D eigenvalue weighted by molar-refractivity contribution is 6.00. The first kappa shape index (κ1) is 22.7. The van der Waals surface area contributed by atoms with Crippen molar-refractivity contribution in [3.8, 4) is 28.5 Å². The van der Waals surface area contributed by atoms with Crippen molar-refractivity contribution >= 4 is 5.91 Å². The highest BCUT2D eigenvalue weighted by Gasteiger charge is 2.43. The number of ether oxygens (including phenoxy) is 4. The third-order valence-electron chi connectivity index (χ3n) is 5.78. The summed E-state index contributed by atoms with van der Waals surface area (Å²) < 4.78 is 22.0. The van der Waals surface area contributed by atoms with Crippen LogP contribution >= 0.6 is 0 Å². The molecule has 1 aliphatic heterocycles. The van der Waals surface area contributed by atoms with Crippen LogP contribution in [-0.2, 0) is 4.74 Å². The Hall–Kier alpha value is -3.52. The van der Waals surface area contributed by atoms with E-state index in [1.54, 1.807) is 21.3 Å². The highest BCUT2D eigenvalue weighted by Crippen LogP contribution is 2.46. The normalized spacial score (nSPS) is 15.0. The third-order valence-corrected chi connectivity index (χ3v) is 5.78.